The van der Waals surface area contributed by atoms with Crippen LogP contribution in [0.1, 0.15) is 56.7 Å². The van der Waals surface area contributed by atoms with E-state index in [1.165, 1.54) is 0 Å². The van der Waals surface area contributed by atoms with Crippen LogP contribution in [0.5, 0.6) is 0 Å². The van der Waals surface area contributed by atoms with E-state index in [2.05, 4.69) is 56.8 Å². The van der Waals surface area contributed by atoms with Gasteiger partial charge in [-0.1, -0.05) is 51.0 Å². The number of aromatic nitrogens is 8. The number of hydrogen-bond acceptors (Lipinski definition) is 8. The fourth-order valence-corrected chi connectivity index (χ4v) is 4.12. The molecule has 184 valence electrons. The largest absolute Gasteiger partial charge is 0.347 e. The van der Waals surface area contributed by atoms with E-state index in [9.17, 15) is 0 Å². The van der Waals surface area contributed by atoms with Gasteiger partial charge >= 0.3 is 0 Å². The molecule has 0 fully saturated rings. The average Bonchev–Trinajstić information content (AvgIpc) is 3.57. The lowest BCUT2D eigenvalue weighted by molar-refractivity contribution is -0.222. The molecule has 1 N–H and O–H groups in total. The minimum Gasteiger partial charge on any atom is -0.347 e. The zero-order valence-electron chi connectivity index (χ0n) is 20.7. The van der Waals surface area contributed by atoms with Gasteiger partial charge in [-0.2, -0.15) is 10.3 Å². The zero-order valence-corrected chi connectivity index (χ0v) is 20.7. The molecular formula is C25H32N8O2. The van der Waals surface area contributed by atoms with Gasteiger partial charge in [-0.3, -0.25) is 4.98 Å². The molecule has 4 rings (SSSR count). The Morgan fingerprint density at radius 1 is 1.03 bits per heavy atom. The van der Waals surface area contributed by atoms with Crippen molar-refractivity contribution in [2.45, 2.75) is 58.3 Å². The number of tetrazole rings is 1. The number of benzene rings is 1. The van der Waals surface area contributed by atoms with Crippen molar-refractivity contribution in [1.82, 2.24) is 40.4 Å². The summed E-state index contributed by atoms with van der Waals surface area (Å²) >= 11 is 0. The van der Waals surface area contributed by atoms with Gasteiger partial charge in [0.25, 0.3) is 0 Å². The lowest BCUT2D eigenvalue weighted by atomic mass is 10.0. The number of pyridine rings is 1. The predicted octanol–water partition coefficient (Wildman–Crippen LogP) is 4.16. The molecule has 0 aliphatic heterocycles. The summed E-state index contributed by atoms with van der Waals surface area (Å²) in [5, 5.41) is 19.2. The Hall–Kier alpha value is -3.50. The zero-order chi connectivity index (χ0) is 24.7. The van der Waals surface area contributed by atoms with Crippen molar-refractivity contribution in [2.75, 3.05) is 14.2 Å². The van der Waals surface area contributed by atoms with Crippen LogP contribution in [-0.2, 0) is 28.2 Å². The second kappa shape index (κ2) is 11.3. The van der Waals surface area contributed by atoms with E-state index < -0.39 is 5.79 Å². The highest BCUT2D eigenvalue weighted by molar-refractivity contribution is 5.76. The molecule has 0 saturated heterocycles. The second-order valence-electron chi connectivity index (χ2n) is 8.31. The summed E-state index contributed by atoms with van der Waals surface area (Å²) < 4.78 is 13.4. The summed E-state index contributed by atoms with van der Waals surface area (Å²) in [6.07, 6.45) is 6.35. The number of nitrogens with one attached hydrogen (secondary N) is 1. The van der Waals surface area contributed by atoms with Gasteiger partial charge in [0.1, 0.15) is 5.82 Å². The molecule has 0 aliphatic rings. The summed E-state index contributed by atoms with van der Waals surface area (Å²) in [5.74, 6) is 1.02. The van der Waals surface area contributed by atoms with Crippen LogP contribution in [0, 0.1) is 0 Å². The minimum absolute atomic E-state index is 0.514. The molecular weight excluding hydrogens is 444 g/mol. The van der Waals surface area contributed by atoms with Crippen molar-refractivity contribution in [3.8, 4) is 22.6 Å². The summed E-state index contributed by atoms with van der Waals surface area (Å²) in [6, 6.07) is 12.1. The third kappa shape index (κ3) is 5.28. The van der Waals surface area contributed by atoms with Crippen molar-refractivity contribution in [3.05, 3.63) is 59.8 Å². The van der Waals surface area contributed by atoms with E-state index in [0.29, 0.717) is 24.5 Å². The summed E-state index contributed by atoms with van der Waals surface area (Å²) in [6.45, 7) is 5.01. The molecule has 0 amide bonds. The number of nitrogens with zero attached hydrogens (tertiary/aromatic N) is 7. The van der Waals surface area contributed by atoms with Gasteiger partial charge in [-0.25, -0.2) is 9.67 Å². The van der Waals surface area contributed by atoms with Crippen molar-refractivity contribution in [3.63, 3.8) is 0 Å². The van der Waals surface area contributed by atoms with Crippen LogP contribution in [0.25, 0.3) is 22.6 Å². The lowest BCUT2D eigenvalue weighted by Crippen LogP contribution is -2.31. The van der Waals surface area contributed by atoms with Crippen LogP contribution >= 0.6 is 0 Å². The molecule has 10 heteroatoms. The number of aryl methyl sites for hydroxylation is 1. The van der Waals surface area contributed by atoms with Gasteiger partial charge in [0.2, 0.25) is 17.4 Å². The lowest BCUT2D eigenvalue weighted by Gasteiger charge is -2.26. The smallest absolute Gasteiger partial charge is 0.231 e. The maximum atomic E-state index is 5.69. The van der Waals surface area contributed by atoms with E-state index in [1.807, 2.05) is 23.7 Å². The predicted molar refractivity (Wildman–Crippen MR) is 131 cm³/mol. The van der Waals surface area contributed by atoms with Gasteiger partial charge < -0.3 is 9.47 Å². The van der Waals surface area contributed by atoms with Crippen LogP contribution in [0.2, 0.25) is 0 Å². The molecule has 0 aliphatic carbocycles. The molecule has 4 aromatic rings. The molecule has 35 heavy (non-hydrogen) atoms. The number of unbranched alkanes of at least 4 members (excludes halogenated alkanes) is 2. The molecule has 0 saturated carbocycles. The van der Waals surface area contributed by atoms with Crippen LogP contribution in [0.3, 0.4) is 0 Å². The Bertz CT molecular complexity index is 1190. The first-order valence-corrected chi connectivity index (χ1v) is 12.0. The highest BCUT2D eigenvalue weighted by atomic mass is 16.7. The molecule has 10 nitrogen and oxygen atoms in total. The van der Waals surface area contributed by atoms with E-state index in [-0.39, 0.29) is 0 Å². The minimum atomic E-state index is -0.945. The Morgan fingerprint density at radius 2 is 1.83 bits per heavy atom. The molecule has 0 radical (unpaired) electrons. The highest BCUT2D eigenvalue weighted by Gasteiger charge is 2.35. The monoisotopic (exact) mass is 476 g/mol. The molecule has 1 aromatic carbocycles. The molecule has 0 atom stereocenters. The normalized spacial score (nSPS) is 11.8. The highest BCUT2D eigenvalue weighted by Crippen LogP contribution is 2.29. The summed E-state index contributed by atoms with van der Waals surface area (Å²) in [5.41, 5.74) is 3.73. The van der Waals surface area contributed by atoms with Gasteiger partial charge in [0, 0.05) is 50.9 Å². The quantitative estimate of drug-likeness (QED) is 0.239. The number of ether oxygens (including phenoxy) is 2. The van der Waals surface area contributed by atoms with Gasteiger partial charge in [0.15, 0.2) is 0 Å². The first-order chi connectivity index (χ1) is 17.1. The number of H-pyrrole nitrogens is 1. The number of rotatable bonds is 12. The first-order valence-electron chi connectivity index (χ1n) is 12.0. The van der Waals surface area contributed by atoms with E-state index in [4.69, 9.17) is 19.6 Å². The Labute approximate surface area is 205 Å². The summed E-state index contributed by atoms with van der Waals surface area (Å²) in [4.78, 5) is 9.42. The van der Waals surface area contributed by atoms with Crippen LogP contribution in [0.15, 0.2) is 42.6 Å². The van der Waals surface area contributed by atoms with Gasteiger partial charge in [0.05, 0.1) is 5.69 Å². The van der Waals surface area contributed by atoms with E-state index in [0.717, 1.165) is 54.0 Å². The average molecular weight is 477 g/mol. The molecule has 0 spiro atoms. The number of aromatic amines is 1. The van der Waals surface area contributed by atoms with E-state index >= 15 is 0 Å². The van der Waals surface area contributed by atoms with Crippen molar-refractivity contribution < 1.29 is 9.47 Å². The Morgan fingerprint density at radius 3 is 2.49 bits per heavy atom. The SMILES string of the molecule is CCCCCn1nc(C(CC)(OC)OC)nc1Cc1ccc(-c2ncccc2-c2nn[nH]n2)cc1. The summed E-state index contributed by atoms with van der Waals surface area (Å²) in [7, 11) is 3.26. The third-order valence-electron chi connectivity index (χ3n) is 6.17. The molecule has 0 bridgehead atoms. The molecule has 0 unspecified atom stereocenters. The van der Waals surface area contributed by atoms with Crippen molar-refractivity contribution >= 4 is 0 Å². The molecule has 3 aromatic heterocycles. The van der Waals surface area contributed by atoms with Crippen LogP contribution < -0.4 is 0 Å². The second-order valence-corrected chi connectivity index (χ2v) is 8.31. The number of methoxy groups -OCH3 is 2. The fourth-order valence-electron chi connectivity index (χ4n) is 4.12. The van der Waals surface area contributed by atoms with Gasteiger partial charge in [-0.05, 0) is 29.3 Å². The third-order valence-corrected chi connectivity index (χ3v) is 6.17. The fraction of sp³-hybridized carbons (Fsp3) is 0.440. The van der Waals surface area contributed by atoms with E-state index in [1.54, 1.807) is 20.4 Å². The van der Waals surface area contributed by atoms with Crippen molar-refractivity contribution in [1.29, 1.82) is 0 Å². The van der Waals surface area contributed by atoms with Crippen LogP contribution in [-0.4, -0.2) is 54.6 Å². The standard InChI is InChI=1S/C25H32N8O2/c1-5-7-8-16-33-21(27-24(30-33)25(6-2,34-3)35-4)17-18-11-13-19(14-12-18)22-20(10-9-15-26-22)23-28-31-32-29-23/h9-15H,5-8,16-17H2,1-4H3,(H,28,29,31,32). The first kappa shape index (κ1) is 24.6. The van der Waals surface area contributed by atoms with Crippen LogP contribution in [0.4, 0.5) is 0 Å². The Balaban J connectivity index is 1.61. The maximum Gasteiger partial charge on any atom is 0.231 e. The maximum absolute atomic E-state index is 5.69. The molecule has 3 heterocycles. The number of hydrogen-bond donors (Lipinski definition) is 1. The van der Waals surface area contributed by atoms with Crippen molar-refractivity contribution in [2.24, 2.45) is 0 Å². The topological polar surface area (TPSA) is 117 Å². The Kier molecular flexibility index (Phi) is 7.94. The van der Waals surface area contributed by atoms with Gasteiger partial charge in [-0.15, -0.1) is 10.2 Å².